The minimum absolute atomic E-state index is 0.142. The zero-order valence-corrected chi connectivity index (χ0v) is 21.0. The van der Waals surface area contributed by atoms with E-state index in [0.29, 0.717) is 10.8 Å². The van der Waals surface area contributed by atoms with E-state index in [0.717, 1.165) is 80.4 Å². The molecule has 4 heterocycles. The molecule has 0 amide bonds. The highest BCUT2D eigenvalue weighted by molar-refractivity contribution is 6.35. The molecule has 0 bridgehead atoms. The molecule has 1 saturated carbocycles. The maximum absolute atomic E-state index is 6.69. The summed E-state index contributed by atoms with van der Waals surface area (Å²) in [5.41, 5.74) is 10.4. The van der Waals surface area contributed by atoms with E-state index in [4.69, 9.17) is 41.5 Å². The van der Waals surface area contributed by atoms with Crippen LogP contribution in [-0.4, -0.2) is 66.0 Å². The summed E-state index contributed by atoms with van der Waals surface area (Å²) in [7, 11) is 1.62. The lowest BCUT2D eigenvalue weighted by atomic mass is 9.74. The van der Waals surface area contributed by atoms with Gasteiger partial charge in [-0.15, -0.1) is 0 Å². The molecule has 9 heteroatoms. The minimum Gasteiger partial charge on any atom is -0.495 e. The van der Waals surface area contributed by atoms with Gasteiger partial charge in [-0.3, -0.25) is 4.40 Å². The summed E-state index contributed by atoms with van der Waals surface area (Å²) in [6.07, 6.45) is 8.35. The van der Waals surface area contributed by atoms with Crippen molar-refractivity contribution in [3.05, 3.63) is 41.3 Å². The molecule has 3 aliphatic rings. The minimum atomic E-state index is 0.142. The SMILES string of the molecule is COc1cccc(-c2c(C)nc(N3CCC4(CC3)C[C@@H](OC3COC3)C[C@H]4N)n3ccnc23)c1Cl. The van der Waals surface area contributed by atoms with Crippen LogP contribution in [0.1, 0.15) is 31.4 Å². The number of imidazole rings is 1. The van der Waals surface area contributed by atoms with Crippen molar-refractivity contribution in [3.8, 4) is 16.9 Å². The van der Waals surface area contributed by atoms with Gasteiger partial charge in [0.1, 0.15) is 17.5 Å². The Bertz CT molecular complexity index is 1240. The summed E-state index contributed by atoms with van der Waals surface area (Å²) in [6.45, 7) is 5.27. The van der Waals surface area contributed by atoms with E-state index < -0.39 is 0 Å². The van der Waals surface area contributed by atoms with Gasteiger partial charge in [-0.05, 0) is 44.1 Å². The smallest absolute Gasteiger partial charge is 0.211 e. The molecule has 35 heavy (non-hydrogen) atoms. The number of fused-ring (bicyclic) bond motifs is 1. The first kappa shape index (κ1) is 23.0. The molecular weight excluding hydrogens is 466 g/mol. The normalized spacial score (nSPS) is 24.3. The Kier molecular flexibility index (Phi) is 5.87. The molecule has 1 aromatic carbocycles. The number of nitrogens with zero attached hydrogens (tertiary/aromatic N) is 4. The number of piperidine rings is 1. The maximum Gasteiger partial charge on any atom is 0.211 e. The molecule has 0 unspecified atom stereocenters. The van der Waals surface area contributed by atoms with Crippen LogP contribution in [0.15, 0.2) is 30.6 Å². The summed E-state index contributed by atoms with van der Waals surface area (Å²) in [6, 6.07) is 5.97. The van der Waals surface area contributed by atoms with Crippen molar-refractivity contribution in [1.82, 2.24) is 14.4 Å². The highest BCUT2D eigenvalue weighted by Crippen LogP contribution is 2.48. The van der Waals surface area contributed by atoms with E-state index >= 15 is 0 Å². The van der Waals surface area contributed by atoms with Gasteiger partial charge in [-0.25, -0.2) is 9.97 Å². The van der Waals surface area contributed by atoms with Crippen molar-refractivity contribution < 1.29 is 14.2 Å². The van der Waals surface area contributed by atoms with E-state index in [1.54, 1.807) is 7.11 Å². The topological polar surface area (TPSA) is 87.1 Å². The fourth-order valence-electron chi connectivity index (χ4n) is 6.09. The van der Waals surface area contributed by atoms with E-state index in [9.17, 15) is 0 Å². The molecule has 2 aromatic heterocycles. The standard InChI is InChI=1S/C26H32ClN5O3/c1-16-22(19-4-3-5-20(33-2)23(19)27)24-29-8-11-32(24)25(30-16)31-9-6-26(7-10-31)13-17(12-21(26)28)35-18-14-34-15-18/h3-5,8,11,17-18,21H,6-7,9-10,12-15,28H2,1-2H3/t17-,21+/m0/s1. The number of rotatable bonds is 5. The molecule has 186 valence electrons. The van der Waals surface area contributed by atoms with Crippen LogP contribution in [0.3, 0.4) is 0 Å². The Morgan fingerprint density at radius 1 is 1.20 bits per heavy atom. The molecule has 8 nitrogen and oxygen atoms in total. The summed E-state index contributed by atoms with van der Waals surface area (Å²) in [4.78, 5) is 12.1. The average Bonchev–Trinajstić information content (AvgIpc) is 3.42. The lowest BCUT2D eigenvalue weighted by Crippen LogP contribution is -2.47. The van der Waals surface area contributed by atoms with Crippen LogP contribution in [0.5, 0.6) is 5.75 Å². The van der Waals surface area contributed by atoms with Gasteiger partial charge < -0.3 is 24.8 Å². The zero-order valence-electron chi connectivity index (χ0n) is 20.2. The van der Waals surface area contributed by atoms with Gasteiger partial charge in [0.15, 0.2) is 0 Å². The molecular formula is C26H32ClN5O3. The Labute approximate surface area is 210 Å². The van der Waals surface area contributed by atoms with Crippen LogP contribution in [0.25, 0.3) is 16.8 Å². The van der Waals surface area contributed by atoms with Gasteiger partial charge in [-0.2, -0.15) is 0 Å². The first-order valence-corrected chi connectivity index (χ1v) is 12.8. The molecule has 3 aromatic rings. The fourth-order valence-corrected chi connectivity index (χ4v) is 6.39. The summed E-state index contributed by atoms with van der Waals surface area (Å²) in [5, 5.41) is 0.568. The second-order valence-corrected chi connectivity index (χ2v) is 10.5. The van der Waals surface area contributed by atoms with Gasteiger partial charge in [0.25, 0.3) is 0 Å². The average molecular weight is 498 g/mol. The molecule has 2 atom stereocenters. The largest absolute Gasteiger partial charge is 0.495 e. The molecule has 3 fully saturated rings. The van der Waals surface area contributed by atoms with Crippen molar-refractivity contribution in [1.29, 1.82) is 0 Å². The number of aryl methyl sites for hydroxylation is 1. The second kappa shape index (κ2) is 8.92. The summed E-state index contributed by atoms with van der Waals surface area (Å²) >= 11 is 6.68. The summed E-state index contributed by atoms with van der Waals surface area (Å²) < 4.78 is 19.0. The van der Waals surface area contributed by atoms with Crippen molar-refractivity contribution in [2.75, 3.05) is 38.3 Å². The number of nitrogens with two attached hydrogens (primary N) is 1. The Morgan fingerprint density at radius 2 is 2.00 bits per heavy atom. The number of hydrogen-bond donors (Lipinski definition) is 1. The number of anilines is 1. The quantitative estimate of drug-likeness (QED) is 0.572. The van der Waals surface area contributed by atoms with E-state index in [1.807, 2.05) is 37.5 Å². The third kappa shape index (κ3) is 3.87. The lowest BCUT2D eigenvalue weighted by molar-refractivity contribution is -0.154. The van der Waals surface area contributed by atoms with Gasteiger partial charge in [0.05, 0.1) is 37.1 Å². The molecule has 2 saturated heterocycles. The van der Waals surface area contributed by atoms with Crippen LogP contribution in [0.4, 0.5) is 5.95 Å². The first-order chi connectivity index (χ1) is 17.0. The highest BCUT2D eigenvalue weighted by atomic mass is 35.5. The third-order valence-corrected chi connectivity index (χ3v) is 8.52. The molecule has 2 N–H and O–H groups in total. The predicted molar refractivity (Wildman–Crippen MR) is 135 cm³/mol. The van der Waals surface area contributed by atoms with Gasteiger partial charge in [-0.1, -0.05) is 23.7 Å². The Morgan fingerprint density at radius 3 is 2.71 bits per heavy atom. The number of aromatic nitrogens is 3. The van der Waals surface area contributed by atoms with E-state index in [2.05, 4.69) is 9.30 Å². The summed E-state index contributed by atoms with van der Waals surface area (Å²) in [5.74, 6) is 1.55. The molecule has 1 aliphatic carbocycles. The van der Waals surface area contributed by atoms with Crippen LogP contribution < -0.4 is 15.4 Å². The first-order valence-electron chi connectivity index (χ1n) is 12.4. The Balaban J connectivity index is 1.26. The van der Waals surface area contributed by atoms with Crippen LogP contribution in [0.2, 0.25) is 5.02 Å². The highest BCUT2D eigenvalue weighted by Gasteiger charge is 2.48. The second-order valence-electron chi connectivity index (χ2n) is 10.1. The maximum atomic E-state index is 6.69. The third-order valence-electron chi connectivity index (χ3n) is 8.13. The predicted octanol–water partition coefficient (Wildman–Crippen LogP) is 3.86. The lowest BCUT2D eigenvalue weighted by Gasteiger charge is -2.42. The number of methoxy groups -OCH3 is 1. The number of hydrogen-bond acceptors (Lipinski definition) is 7. The number of ether oxygens (including phenoxy) is 3. The van der Waals surface area contributed by atoms with Crippen LogP contribution in [0, 0.1) is 12.3 Å². The van der Waals surface area contributed by atoms with E-state index in [-0.39, 0.29) is 23.7 Å². The number of benzene rings is 1. The zero-order chi connectivity index (χ0) is 24.2. The van der Waals surface area contributed by atoms with Crippen LogP contribution >= 0.6 is 11.6 Å². The van der Waals surface area contributed by atoms with Gasteiger partial charge in [0, 0.05) is 42.7 Å². The van der Waals surface area contributed by atoms with Crippen molar-refractivity contribution in [3.63, 3.8) is 0 Å². The molecule has 6 rings (SSSR count). The van der Waals surface area contributed by atoms with Crippen LogP contribution in [-0.2, 0) is 9.47 Å². The number of halogens is 1. The van der Waals surface area contributed by atoms with Gasteiger partial charge in [0.2, 0.25) is 5.95 Å². The van der Waals surface area contributed by atoms with E-state index in [1.165, 1.54) is 0 Å². The fraction of sp³-hybridized carbons (Fsp3) is 0.538. The Hall–Kier alpha value is -2.39. The van der Waals surface area contributed by atoms with Crippen molar-refractivity contribution in [2.45, 2.75) is 50.9 Å². The van der Waals surface area contributed by atoms with Gasteiger partial charge >= 0.3 is 0 Å². The monoisotopic (exact) mass is 497 g/mol. The molecule has 1 spiro atoms. The van der Waals surface area contributed by atoms with Crippen molar-refractivity contribution in [2.24, 2.45) is 11.1 Å². The molecule has 0 radical (unpaired) electrons. The van der Waals surface area contributed by atoms with Crippen molar-refractivity contribution >= 4 is 23.2 Å². The molecule has 2 aliphatic heterocycles.